The molecule has 0 atom stereocenters. The van der Waals surface area contributed by atoms with E-state index in [1.807, 2.05) is 0 Å². The molecule has 1 rings (SSSR count). The van der Waals surface area contributed by atoms with Crippen LogP contribution in [0.1, 0.15) is 13.8 Å². The summed E-state index contributed by atoms with van der Waals surface area (Å²) in [5.74, 6) is 0. The van der Waals surface area contributed by atoms with Gasteiger partial charge in [0.1, 0.15) is 0 Å². The van der Waals surface area contributed by atoms with E-state index in [4.69, 9.17) is 0 Å². The van der Waals surface area contributed by atoms with Gasteiger partial charge < -0.3 is 0 Å². The van der Waals surface area contributed by atoms with Crippen molar-refractivity contribution >= 4 is 0 Å². The van der Waals surface area contributed by atoms with E-state index in [2.05, 4.69) is 26.0 Å². The molecule has 0 saturated heterocycles. The van der Waals surface area contributed by atoms with Crippen molar-refractivity contribution in [3.8, 4) is 0 Å². The van der Waals surface area contributed by atoms with Gasteiger partial charge in [-0.25, -0.2) is 0 Å². The molecule has 0 spiro atoms. The van der Waals surface area contributed by atoms with Crippen LogP contribution in [0.25, 0.3) is 0 Å². The molecule has 0 unspecified atom stereocenters. The van der Waals surface area contributed by atoms with E-state index >= 15 is 0 Å². The zero-order chi connectivity index (χ0) is 6.04. The van der Waals surface area contributed by atoms with Crippen LogP contribution in [0.3, 0.4) is 0 Å². The van der Waals surface area contributed by atoms with Gasteiger partial charge in [0.15, 0.2) is 0 Å². The third-order valence-corrected chi connectivity index (χ3v) is 4.84. The Balaban J connectivity index is 2.56. The number of hydrogen-bond donors (Lipinski definition) is 0. The van der Waals surface area contributed by atoms with Crippen LogP contribution in [-0.2, 0) is 0 Å². The summed E-state index contributed by atoms with van der Waals surface area (Å²) in [5, 5.41) is 0. The first-order valence-electron chi connectivity index (χ1n) is 2.92. The topological polar surface area (TPSA) is 0 Å². The summed E-state index contributed by atoms with van der Waals surface area (Å²) in [6, 6.07) is 0. The van der Waals surface area contributed by atoms with Crippen molar-refractivity contribution < 1.29 is 21.2 Å². The van der Waals surface area contributed by atoms with E-state index in [-0.39, 0.29) is 0 Å². The fraction of sp³-hybridized carbons (Fsp3) is 0.714. The summed E-state index contributed by atoms with van der Waals surface area (Å²) < 4.78 is 2.88. The van der Waals surface area contributed by atoms with E-state index in [1.165, 1.54) is 8.86 Å². The zero-order valence-electron chi connectivity index (χ0n) is 5.45. The molecule has 0 radical (unpaired) electrons. The van der Waals surface area contributed by atoms with Gasteiger partial charge in [-0.15, -0.1) is 0 Å². The molecule has 48 valence electrons. The van der Waals surface area contributed by atoms with Crippen molar-refractivity contribution in [2.24, 2.45) is 5.41 Å². The van der Waals surface area contributed by atoms with E-state index in [9.17, 15) is 0 Å². The molecular weight excluding hydrogens is 211 g/mol. The van der Waals surface area contributed by atoms with Crippen molar-refractivity contribution in [2.45, 2.75) is 13.8 Å². The number of allylic oxidation sites excluding steroid dienone is 2. The zero-order valence-corrected chi connectivity index (χ0v) is 7.60. The summed E-state index contributed by atoms with van der Waals surface area (Å²) in [5.41, 5.74) is 0.547. The first-order chi connectivity index (χ1) is 3.71. The van der Waals surface area contributed by atoms with Gasteiger partial charge >= 0.3 is 61.5 Å². The third-order valence-electron chi connectivity index (χ3n) is 1.21. The van der Waals surface area contributed by atoms with Crippen LogP contribution in [0.5, 0.6) is 0 Å². The van der Waals surface area contributed by atoms with E-state index in [0.717, 1.165) is 0 Å². The molecule has 1 aliphatic rings. The van der Waals surface area contributed by atoms with E-state index in [0.29, 0.717) is 26.6 Å². The Labute approximate surface area is 61.6 Å². The molecule has 1 heteroatoms. The summed E-state index contributed by atoms with van der Waals surface area (Å²) in [6.07, 6.45) is 4.70. The first-order valence-corrected chi connectivity index (χ1v) is 5.97. The third kappa shape index (κ3) is 1.77. The van der Waals surface area contributed by atoms with Crippen LogP contribution in [0.2, 0.25) is 0 Å². The number of alkyl halides is 2. The Morgan fingerprint density at radius 1 is 1.50 bits per heavy atom. The van der Waals surface area contributed by atoms with Gasteiger partial charge in [-0.1, -0.05) is 0 Å². The van der Waals surface area contributed by atoms with Crippen LogP contribution < -0.4 is 21.2 Å². The minimum atomic E-state index is 0.538. The monoisotopic (exact) mass is 223 g/mol. The average molecular weight is 223 g/mol. The Bertz CT molecular complexity index is 103. The van der Waals surface area contributed by atoms with E-state index < -0.39 is 0 Å². The molecule has 0 fully saturated rings. The molecule has 0 bridgehead atoms. The fourth-order valence-corrected chi connectivity index (χ4v) is 3.34. The van der Waals surface area contributed by atoms with Crippen LogP contribution in [0.15, 0.2) is 12.2 Å². The fourth-order valence-electron chi connectivity index (χ4n) is 0.769. The maximum atomic E-state index is 2.36. The van der Waals surface area contributed by atoms with Crippen LogP contribution >= 0.6 is 0 Å². The Morgan fingerprint density at radius 3 is 2.50 bits per heavy atom. The predicted molar refractivity (Wildman–Crippen MR) is 32.7 cm³/mol. The van der Waals surface area contributed by atoms with Crippen LogP contribution in [-0.4, -0.2) is 8.86 Å². The van der Waals surface area contributed by atoms with Gasteiger partial charge in [0.25, 0.3) is 0 Å². The van der Waals surface area contributed by atoms with Gasteiger partial charge in [0.05, 0.1) is 0 Å². The summed E-state index contributed by atoms with van der Waals surface area (Å²) in [7, 11) is 0. The standard InChI is InChI=1S/C7H12I/c1-7(2)4-3-5-8-6-7/h3-4H,5-6H2,1-2H3/q-1. The second-order valence-corrected chi connectivity index (χ2v) is 5.59. The second kappa shape index (κ2) is 2.38. The molecule has 1 heterocycles. The van der Waals surface area contributed by atoms with Gasteiger partial charge in [-0.05, 0) is 0 Å². The molecule has 0 nitrogen and oxygen atoms in total. The molecule has 0 aliphatic carbocycles. The van der Waals surface area contributed by atoms with Crippen LogP contribution in [0.4, 0.5) is 0 Å². The van der Waals surface area contributed by atoms with Crippen molar-refractivity contribution in [2.75, 3.05) is 8.86 Å². The maximum absolute atomic E-state index is 2.36. The van der Waals surface area contributed by atoms with Crippen LogP contribution in [0, 0.1) is 5.41 Å². The number of hydrogen-bond acceptors (Lipinski definition) is 0. The normalized spacial score (nSPS) is 26.8. The molecule has 8 heavy (non-hydrogen) atoms. The Kier molecular flexibility index (Phi) is 1.96. The van der Waals surface area contributed by atoms with Gasteiger partial charge in [0, 0.05) is 0 Å². The van der Waals surface area contributed by atoms with Gasteiger partial charge in [0.2, 0.25) is 0 Å². The molecule has 0 aromatic carbocycles. The Hall–Kier alpha value is 0.470. The van der Waals surface area contributed by atoms with Crippen molar-refractivity contribution in [1.82, 2.24) is 0 Å². The predicted octanol–water partition coefficient (Wildman–Crippen LogP) is -1.33. The SMILES string of the molecule is CC1(C)C=CC[I-]C1. The van der Waals surface area contributed by atoms with E-state index in [1.54, 1.807) is 0 Å². The average Bonchev–Trinajstić information content (AvgIpc) is 1.65. The van der Waals surface area contributed by atoms with Crippen molar-refractivity contribution in [3.05, 3.63) is 12.2 Å². The number of rotatable bonds is 0. The second-order valence-electron chi connectivity index (χ2n) is 2.87. The summed E-state index contributed by atoms with van der Waals surface area (Å²) in [4.78, 5) is 0. The molecule has 0 amide bonds. The molecule has 0 saturated carbocycles. The first kappa shape index (κ1) is 6.59. The van der Waals surface area contributed by atoms with Crippen molar-refractivity contribution in [3.63, 3.8) is 0 Å². The molecule has 0 aromatic rings. The van der Waals surface area contributed by atoms with Crippen molar-refractivity contribution in [1.29, 1.82) is 0 Å². The number of halogens is 1. The van der Waals surface area contributed by atoms with Gasteiger partial charge in [-0.2, -0.15) is 0 Å². The molecule has 0 aromatic heterocycles. The summed E-state index contributed by atoms with van der Waals surface area (Å²) >= 11 is 0.538. The quantitative estimate of drug-likeness (QED) is 0.271. The minimum absolute atomic E-state index is 0.538. The molecule has 1 aliphatic heterocycles. The Morgan fingerprint density at radius 2 is 2.25 bits per heavy atom. The van der Waals surface area contributed by atoms with Gasteiger partial charge in [-0.3, -0.25) is 0 Å². The molecular formula is C7H12I-. The summed E-state index contributed by atoms with van der Waals surface area (Å²) in [6.45, 7) is 4.64. The molecule has 0 N–H and O–H groups in total.